The molecule has 2 rings (SSSR count). The second kappa shape index (κ2) is 5.16. The minimum Gasteiger partial charge on any atom is -0.490 e. The van der Waals surface area contributed by atoms with Crippen LogP contribution in [-0.4, -0.2) is 47.0 Å². The lowest BCUT2D eigenvalue weighted by Crippen LogP contribution is -2.53. The number of methoxy groups -OCH3 is 1. The lowest BCUT2D eigenvalue weighted by atomic mass is 9.99. The number of aliphatic carboxylic acids is 1. The molecule has 1 saturated heterocycles. The van der Waals surface area contributed by atoms with Crippen LogP contribution in [0.1, 0.15) is 10.4 Å². The molecule has 0 aromatic heterocycles. The number of carbonyl (C=O) groups excluding carboxylic acids is 1. The Labute approximate surface area is 113 Å². The van der Waals surface area contributed by atoms with Crippen LogP contribution in [0.4, 0.5) is 5.69 Å². The first kappa shape index (κ1) is 13.8. The van der Waals surface area contributed by atoms with Crippen molar-refractivity contribution in [1.82, 2.24) is 4.90 Å². The quantitative estimate of drug-likeness (QED) is 0.644. The van der Waals surface area contributed by atoms with Crippen molar-refractivity contribution in [3.05, 3.63) is 33.9 Å². The smallest absolute Gasteiger partial charge is 0.310 e. The van der Waals surface area contributed by atoms with E-state index >= 15 is 0 Å². The van der Waals surface area contributed by atoms with Crippen molar-refractivity contribution in [2.45, 2.75) is 0 Å². The van der Waals surface area contributed by atoms with Crippen LogP contribution >= 0.6 is 0 Å². The molecule has 1 amide bonds. The van der Waals surface area contributed by atoms with Crippen molar-refractivity contribution in [1.29, 1.82) is 0 Å². The molecule has 0 bridgehead atoms. The molecule has 1 fully saturated rings. The van der Waals surface area contributed by atoms with Gasteiger partial charge < -0.3 is 14.7 Å². The molecule has 8 nitrogen and oxygen atoms in total. The number of hydrogen-bond donors (Lipinski definition) is 1. The Kier molecular flexibility index (Phi) is 3.55. The zero-order valence-electron chi connectivity index (χ0n) is 10.6. The topological polar surface area (TPSA) is 110 Å². The monoisotopic (exact) mass is 280 g/mol. The maximum absolute atomic E-state index is 12.1. The van der Waals surface area contributed by atoms with Gasteiger partial charge in [-0.15, -0.1) is 0 Å². The Bertz CT molecular complexity index is 579. The summed E-state index contributed by atoms with van der Waals surface area (Å²) in [7, 11) is 1.28. The van der Waals surface area contributed by atoms with Crippen molar-refractivity contribution < 1.29 is 24.4 Å². The van der Waals surface area contributed by atoms with Crippen molar-refractivity contribution in [3.63, 3.8) is 0 Å². The van der Waals surface area contributed by atoms with E-state index in [1.807, 2.05) is 0 Å². The van der Waals surface area contributed by atoms with Crippen molar-refractivity contribution in [2.75, 3.05) is 20.2 Å². The van der Waals surface area contributed by atoms with Gasteiger partial charge in [-0.25, -0.2) is 0 Å². The highest BCUT2D eigenvalue weighted by Crippen LogP contribution is 2.29. The zero-order valence-corrected chi connectivity index (χ0v) is 10.6. The molecule has 1 aromatic rings. The summed E-state index contributed by atoms with van der Waals surface area (Å²) in [5, 5.41) is 19.5. The molecule has 0 atom stereocenters. The highest BCUT2D eigenvalue weighted by molar-refractivity contribution is 5.96. The van der Waals surface area contributed by atoms with Gasteiger partial charge in [0.2, 0.25) is 0 Å². The van der Waals surface area contributed by atoms with Crippen LogP contribution in [0.15, 0.2) is 18.2 Å². The molecule has 8 heteroatoms. The fraction of sp³-hybridized carbons (Fsp3) is 0.333. The van der Waals surface area contributed by atoms with E-state index in [0.29, 0.717) is 0 Å². The van der Waals surface area contributed by atoms with Gasteiger partial charge in [0.05, 0.1) is 18.0 Å². The number of amides is 1. The Balaban J connectivity index is 2.16. The highest BCUT2D eigenvalue weighted by atomic mass is 16.6. The second-order valence-electron chi connectivity index (χ2n) is 4.39. The predicted molar refractivity (Wildman–Crippen MR) is 66.7 cm³/mol. The predicted octanol–water partition coefficient (Wildman–Crippen LogP) is 0.760. The number of carbonyl (C=O) groups is 2. The van der Waals surface area contributed by atoms with Crippen LogP contribution in [-0.2, 0) is 4.79 Å². The Morgan fingerprint density at radius 3 is 2.60 bits per heavy atom. The van der Waals surface area contributed by atoms with Gasteiger partial charge in [-0.1, -0.05) is 0 Å². The molecule has 1 heterocycles. The number of likely N-dealkylation sites (tertiary alicyclic amines) is 1. The van der Waals surface area contributed by atoms with E-state index in [9.17, 15) is 19.7 Å². The first-order valence-corrected chi connectivity index (χ1v) is 5.78. The molecular formula is C12H12N2O6. The van der Waals surface area contributed by atoms with Crippen LogP contribution in [0.2, 0.25) is 0 Å². The first-order valence-electron chi connectivity index (χ1n) is 5.78. The number of benzene rings is 1. The SMILES string of the molecule is COc1cc(C(=O)N2CC(C(=O)O)C2)ccc1[N+](=O)[O-]. The van der Waals surface area contributed by atoms with Crippen LogP contribution in [0.3, 0.4) is 0 Å². The average Bonchev–Trinajstić information content (AvgIpc) is 2.35. The Morgan fingerprint density at radius 1 is 1.45 bits per heavy atom. The lowest BCUT2D eigenvalue weighted by molar-refractivity contribution is -0.385. The third-order valence-electron chi connectivity index (χ3n) is 3.14. The van der Waals surface area contributed by atoms with Crippen molar-refractivity contribution in [3.8, 4) is 5.75 Å². The molecule has 0 saturated carbocycles. The zero-order chi connectivity index (χ0) is 14.9. The fourth-order valence-corrected chi connectivity index (χ4v) is 1.94. The summed E-state index contributed by atoms with van der Waals surface area (Å²) in [4.78, 5) is 34.2. The summed E-state index contributed by atoms with van der Waals surface area (Å²) >= 11 is 0. The van der Waals surface area contributed by atoms with E-state index in [1.165, 1.54) is 30.2 Å². The minimum atomic E-state index is -0.935. The number of nitro benzene ring substituents is 1. The molecule has 106 valence electrons. The largest absolute Gasteiger partial charge is 0.490 e. The summed E-state index contributed by atoms with van der Waals surface area (Å²) < 4.78 is 4.88. The van der Waals surface area contributed by atoms with Crippen LogP contribution in [0, 0.1) is 16.0 Å². The third kappa shape index (κ3) is 2.40. The van der Waals surface area contributed by atoms with E-state index in [1.54, 1.807) is 0 Å². The standard InChI is InChI=1S/C12H12N2O6/c1-20-10-4-7(2-3-9(10)14(18)19)11(15)13-5-8(6-13)12(16)17/h2-4,8H,5-6H2,1H3,(H,16,17). The van der Waals surface area contributed by atoms with Crippen molar-refractivity contribution >= 4 is 17.6 Å². The Morgan fingerprint density at radius 2 is 2.10 bits per heavy atom. The third-order valence-corrected chi connectivity index (χ3v) is 3.14. The van der Waals surface area contributed by atoms with E-state index in [-0.39, 0.29) is 36.0 Å². The van der Waals surface area contributed by atoms with Crippen LogP contribution < -0.4 is 4.74 Å². The minimum absolute atomic E-state index is 0.00356. The summed E-state index contributed by atoms with van der Waals surface area (Å²) in [5.41, 5.74) is 0.00682. The molecule has 0 unspecified atom stereocenters. The van der Waals surface area contributed by atoms with Gasteiger partial charge in [-0.05, 0) is 6.07 Å². The van der Waals surface area contributed by atoms with Gasteiger partial charge in [0, 0.05) is 30.8 Å². The fourth-order valence-electron chi connectivity index (χ4n) is 1.94. The number of ether oxygens (including phenoxy) is 1. The number of hydrogen-bond acceptors (Lipinski definition) is 5. The van der Waals surface area contributed by atoms with Gasteiger partial charge in [0.15, 0.2) is 5.75 Å². The molecule has 1 aliphatic rings. The van der Waals surface area contributed by atoms with E-state index < -0.39 is 16.8 Å². The van der Waals surface area contributed by atoms with Crippen molar-refractivity contribution in [2.24, 2.45) is 5.92 Å². The lowest BCUT2D eigenvalue weighted by Gasteiger charge is -2.36. The second-order valence-corrected chi connectivity index (χ2v) is 4.39. The van der Waals surface area contributed by atoms with Gasteiger partial charge in [-0.2, -0.15) is 0 Å². The molecule has 0 radical (unpaired) electrons. The summed E-state index contributed by atoms with van der Waals surface area (Å²) in [6, 6.07) is 3.81. The molecule has 1 N–H and O–H groups in total. The molecule has 20 heavy (non-hydrogen) atoms. The number of carboxylic acids is 1. The summed E-state index contributed by atoms with van der Waals surface area (Å²) in [5.74, 6) is -1.85. The molecule has 1 aromatic carbocycles. The number of nitro groups is 1. The van der Waals surface area contributed by atoms with E-state index in [4.69, 9.17) is 9.84 Å². The Hall–Kier alpha value is -2.64. The normalized spacial score (nSPS) is 14.6. The van der Waals surface area contributed by atoms with Crippen LogP contribution in [0.5, 0.6) is 5.75 Å². The molecule has 0 spiro atoms. The highest BCUT2D eigenvalue weighted by Gasteiger charge is 2.36. The molecule has 0 aliphatic carbocycles. The van der Waals surface area contributed by atoms with Gasteiger partial charge in [0.1, 0.15) is 0 Å². The van der Waals surface area contributed by atoms with Crippen LogP contribution in [0.25, 0.3) is 0 Å². The average molecular weight is 280 g/mol. The number of carboxylic acid groups (broad SMARTS) is 1. The van der Waals surface area contributed by atoms with E-state index in [2.05, 4.69) is 0 Å². The van der Waals surface area contributed by atoms with E-state index in [0.717, 1.165) is 0 Å². The first-order chi connectivity index (χ1) is 9.43. The van der Waals surface area contributed by atoms with Gasteiger partial charge in [-0.3, -0.25) is 19.7 Å². The number of nitrogens with zero attached hydrogens (tertiary/aromatic N) is 2. The summed E-state index contributed by atoms with van der Waals surface area (Å²) in [6.45, 7) is 0.293. The van der Waals surface area contributed by atoms with Gasteiger partial charge in [0.25, 0.3) is 5.91 Å². The number of rotatable bonds is 4. The summed E-state index contributed by atoms with van der Waals surface area (Å²) in [6.07, 6.45) is 0. The molecule has 1 aliphatic heterocycles. The van der Waals surface area contributed by atoms with Gasteiger partial charge >= 0.3 is 11.7 Å². The maximum atomic E-state index is 12.1. The maximum Gasteiger partial charge on any atom is 0.310 e. The molecular weight excluding hydrogens is 268 g/mol.